The topological polar surface area (TPSA) is 318 Å². The fraction of sp³-hybridized carbons (Fsp3) is 0.852. The molecule has 256 valence electrons. The molecule has 44 heavy (non-hydrogen) atoms. The molecule has 0 spiro atoms. The maximum atomic E-state index is 11.0. The van der Waals surface area contributed by atoms with E-state index in [0.29, 0.717) is 6.42 Å². The summed E-state index contributed by atoms with van der Waals surface area (Å²) in [5, 5.41) is 89.2. The number of hydrogen-bond acceptors (Lipinski definition) is 17. The zero-order valence-electron chi connectivity index (χ0n) is 25.0. The van der Waals surface area contributed by atoms with E-state index in [9.17, 15) is 40.9 Å². The number of aliphatic hydroxyl groups is 8. The van der Waals surface area contributed by atoms with E-state index in [-0.39, 0.29) is 43.7 Å². The van der Waals surface area contributed by atoms with Gasteiger partial charge in [-0.2, -0.15) is 0 Å². The van der Waals surface area contributed by atoms with Crippen LogP contribution in [-0.2, 0) is 14.2 Å². The van der Waals surface area contributed by atoms with Gasteiger partial charge in [0.15, 0.2) is 17.8 Å². The lowest BCUT2D eigenvalue weighted by molar-refractivity contribution is -0.252. The lowest BCUT2D eigenvalue weighted by atomic mass is 9.84. The summed E-state index contributed by atoms with van der Waals surface area (Å²) >= 11 is 0. The Labute approximate surface area is 256 Å². The van der Waals surface area contributed by atoms with Gasteiger partial charge in [0.25, 0.3) is 0 Å². The number of ether oxygens (including phenoxy) is 3. The Balaban J connectivity index is 1.68. The Morgan fingerprint density at radius 3 is 2.14 bits per heavy atom. The predicted molar refractivity (Wildman–Crippen MR) is 156 cm³/mol. The molecule has 1 heterocycles. The highest BCUT2D eigenvalue weighted by molar-refractivity contribution is 5.15. The summed E-state index contributed by atoms with van der Waals surface area (Å²) in [6.07, 6.45) is -6.52. The van der Waals surface area contributed by atoms with E-state index in [0.717, 1.165) is 25.7 Å². The van der Waals surface area contributed by atoms with Crippen LogP contribution in [0, 0.1) is 0 Å². The minimum atomic E-state index is -2.22. The third-order valence-electron chi connectivity index (χ3n) is 8.60. The SMILES string of the molecule is CN/C(=C(\O)C1CCC(N)[C@@H](O[C@@H]2C(N)C[C@@H](N)C(O)C2O)O1)C(O)O[C@@H](O)/C(O)=C(/O)[C@@H](CCO)NC1CCC(N)CC1. The van der Waals surface area contributed by atoms with Gasteiger partial charge in [0, 0.05) is 37.8 Å². The van der Waals surface area contributed by atoms with Crippen LogP contribution < -0.4 is 33.6 Å². The van der Waals surface area contributed by atoms with Gasteiger partial charge in [-0.1, -0.05) is 0 Å². The number of aliphatic hydroxyl groups excluding tert-OH is 8. The number of nitrogens with one attached hydrogen (secondary N) is 2. The third kappa shape index (κ3) is 9.12. The van der Waals surface area contributed by atoms with E-state index in [1.807, 2.05) is 0 Å². The monoisotopic (exact) mass is 636 g/mol. The molecule has 0 amide bonds. The minimum Gasteiger partial charge on any atom is -0.508 e. The van der Waals surface area contributed by atoms with Crippen molar-refractivity contribution in [3.63, 3.8) is 0 Å². The summed E-state index contributed by atoms with van der Waals surface area (Å²) in [5.74, 6) is -2.19. The van der Waals surface area contributed by atoms with Crippen molar-refractivity contribution in [2.75, 3.05) is 13.7 Å². The van der Waals surface area contributed by atoms with Crippen LogP contribution in [0.15, 0.2) is 23.0 Å². The quantitative estimate of drug-likeness (QED) is 0.0690. The molecule has 17 heteroatoms. The molecule has 0 radical (unpaired) electrons. The van der Waals surface area contributed by atoms with Crippen LogP contribution in [0.5, 0.6) is 0 Å². The summed E-state index contributed by atoms with van der Waals surface area (Å²) in [6.45, 7) is -0.323. The van der Waals surface area contributed by atoms with Gasteiger partial charge in [-0.3, -0.25) is 0 Å². The Hall–Kier alpha value is -1.84. The van der Waals surface area contributed by atoms with Gasteiger partial charge in [0.1, 0.15) is 29.8 Å². The predicted octanol–water partition coefficient (Wildman–Crippen LogP) is -3.44. The molecular weight excluding hydrogens is 584 g/mol. The van der Waals surface area contributed by atoms with Crippen molar-refractivity contribution < 1.29 is 55.1 Å². The second kappa shape index (κ2) is 16.6. The molecule has 0 aromatic carbocycles. The first-order chi connectivity index (χ1) is 20.8. The Kier molecular flexibility index (Phi) is 13.9. The van der Waals surface area contributed by atoms with Crippen molar-refractivity contribution in [2.24, 2.45) is 22.9 Å². The van der Waals surface area contributed by atoms with Crippen LogP contribution in [-0.4, -0.2) is 134 Å². The highest BCUT2D eigenvalue weighted by atomic mass is 16.7. The highest BCUT2D eigenvalue weighted by Gasteiger charge is 2.45. The average molecular weight is 637 g/mol. The second-order valence-corrected chi connectivity index (χ2v) is 11.9. The number of nitrogens with two attached hydrogens (primary N) is 4. The Morgan fingerprint density at radius 2 is 1.52 bits per heavy atom. The molecule has 0 bridgehead atoms. The largest absolute Gasteiger partial charge is 0.508 e. The fourth-order valence-electron chi connectivity index (χ4n) is 5.88. The van der Waals surface area contributed by atoms with Crippen LogP contribution in [0.25, 0.3) is 0 Å². The molecule has 2 saturated carbocycles. The molecule has 3 aliphatic rings. The molecule has 6 unspecified atom stereocenters. The van der Waals surface area contributed by atoms with Gasteiger partial charge in [-0.25, -0.2) is 0 Å². The van der Waals surface area contributed by atoms with Crippen LogP contribution in [0.2, 0.25) is 0 Å². The lowest BCUT2D eigenvalue weighted by Gasteiger charge is -2.43. The minimum absolute atomic E-state index is 0.0229. The van der Waals surface area contributed by atoms with Crippen molar-refractivity contribution >= 4 is 0 Å². The van der Waals surface area contributed by atoms with Crippen molar-refractivity contribution in [1.29, 1.82) is 0 Å². The maximum absolute atomic E-state index is 11.0. The molecule has 1 saturated heterocycles. The van der Waals surface area contributed by atoms with E-state index in [1.54, 1.807) is 0 Å². The van der Waals surface area contributed by atoms with E-state index in [1.165, 1.54) is 7.05 Å². The first-order valence-corrected chi connectivity index (χ1v) is 15.1. The molecule has 11 atom stereocenters. The second-order valence-electron chi connectivity index (χ2n) is 11.9. The molecule has 2 aliphatic carbocycles. The zero-order chi connectivity index (χ0) is 32.7. The van der Waals surface area contributed by atoms with Crippen LogP contribution in [0.4, 0.5) is 0 Å². The third-order valence-corrected chi connectivity index (χ3v) is 8.60. The van der Waals surface area contributed by atoms with E-state index in [4.69, 9.17) is 37.1 Å². The molecule has 3 fully saturated rings. The van der Waals surface area contributed by atoms with Gasteiger partial charge < -0.3 is 88.6 Å². The molecule has 18 N–H and O–H groups in total. The van der Waals surface area contributed by atoms with Crippen LogP contribution >= 0.6 is 0 Å². The van der Waals surface area contributed by atoms with Gasteiger partial charge in [0.05, 0.1) is 18.2 Å². The molecular formula is C27H52N6O11. The number of hydrogen-bond donors (Lipinski definition) is 14. The lowest BCUT2D eigenvalue weighted by Crippen LogP contribution is -2.63. The summed E-state index contributed by atoms with van der Waals surface area (Å²) in [4.78, 5) is 0. The number of rotatable bonds is 13. The number of likely N-dealkylation sites (N-methyl/N-ethyl adjacent to an activating group) is 1. The summed E-state index contributed by atoms with van der Waals surface area (Å²) in [7, 11) is 1.36. The average Bonchev–Trinajstić information content (AvgIpc) is 2.99. The smallest absolute Gasteiger partial charge is 0.220 e. The van der Waals surface area contributed by atoms with Gasteiger partial charge in [-0.15, -0.1) is 0 Å². The summed E-state index contributed by atoms with van der Waals surface area (Å²) < 4.78 is 16.8. The first-order valence-electron chi connectivity index (χ1n) is 15.1. The van der Waals surface area contributed by atoms with Gasteiger partial charge in [0.2, 0.25) is 12.6 Å². The van der Waals surface area contributed by atoms with E-state index < -0.39 is 84.7 Å². The standard InChI is InChI=1S/C27H52N6O11/c1-32-18(21(37)17-7-6-13(29)27(42-17)43-24-15(31)10-14(30)19(35)22(24)38)25(40)44-26(41)23(39)20(36)16(8-9-34)33-12-4-2-11(28)3-5-12/h11-17,19,22,24-27,32-41H,2-10,28-31H2,1H3/b21-18-,23-20-/t11?,12?,13?,14-,15?,16-,17?,19?,22?,24-,25?,26-,27-/m1/s1. The van der Waals surface area contributed by atoms with Crippen LogP contribution in [0.3, 0.4) is 0 Å². The fourth-order valence-corrected chi connectivity index (χ4v) is 5.88. The van der Waals surface area contributed by atoms with Crippen molar-refractivity contribution in [3.05, 3.63) is 23.0 Å². The Morgan fingerprint density at radius 1 is 0.864 bits per heavy atom. The first kappa shape index (κ1) is 36.6. The zero-order valence-corrected chi connectivity index (χ0v) is 25.0. The normalized spacial score (nSPS) is 38.2. The highest BCUT2D eigenvalue weighted by Crippen LogP contribution is 2.30. The molecule has 1 aliphatic heterocycles. The maximum Gasteiger partial charge on any atom is 0.220 e. The molecule has 0 aromatic heterocycles. The van der Waals surface area contributed by atoms with Crippen molar-refractivity contribution in [3.8, 4) is 0 Å². The van der Waals surface area contributed by atoms with Crippen molar-refractivity contribution in [1.82, 2.24) is 10.6 Å². The molecule has 3 rings (SSSR count). The molecule has 17 nitrogen and oxygen atoms in total. The van der Waals surface area contributed by atoms with E-state index in [2.05, 4.69) is 10.6 Å². The van der Waals surface area contributed by atoms with Gasteiger partial charge in [-0.05, 0) is 51.4 Å². The van der Waals surface area contributed by atoms with Gasteiger partial charge >= 0.3 is 0 Å². The Bertz CT molecular complexity index is 969. The van der Waals surface area contributed by atoms with Crippen molar-refractivity contribution in [2.45, 2.75) is 131 Å². The van der Waals surface area contributed by atoms with E-state index >= 15 is 0 Å². The molecule has 0 aromatic rings. The summed E-state index contributed by atoms with van der Waals surface area (Å²) in [6, 6.07) is -2.99. The van der Waals surface area contributed by atoms with Crippen LogP contribution in [0.1, 0.15) is 51.4 Å². The summed E-state index contributed by atoms with van der Waals surface area (Å²) in [5.41, 5.74) is 23.7.